The topological polar surface area (TPSA) is 62.6 Å². The Labute approximate surface area is 224 Å². The lowest BCUT2D eigenvalue weighted by atomic mass is 10.1. The molecule has 0 radical (unpaired) electrons. The van der Waals surface area contributed by atoms with Crippen molar-refractivity contribution in [1.82, 2.24) is 19.4 Å². The van der Waals surface area contributed by atoms with Gasteiger partial charge < -0.3 is 19.5 Å². The fraction of sp³-hybridized carbons (Fsp3) is 0.733. The van der Waals surface area contributed by atoms with Crippen molar-refractivity contribution in [1.29, 1.82) is 0 Å². The minimum absolute atomic E-state index is 0.203. The van der Waals surface area contributed by atoms with Gasteiger partial charge in [-0.05, 0) is 94.4 Å². The molecule has 2 aromatic rings. The summed E-state index contributed by atoms with van der Waals surface area (Å²) in [7, 11) is 1.44. The number of anilines is 1. The summed E-state index contributed by atoms with van der Waals surface area (Å²) in [5.74, 6) is 2.07. The van der Waals surface area contributed by atoms with Crippen molar-refractivity contribution in [2.75, 3.05) is 51.7 Å². The zero-order chi connectivity index (χ0) is 26.6. The minimum atomic E-state index is -0.203. The molecule has 0 saturated carbocycles. The number of rotatable bonds is 16. The fourth-order valence-corrected chi connectivity index (χ4v) is 5.05. The second-order valence-corrected chi connectivity index (χ2v) is 11.6. The molecule has 208 valence electrons. The van der Waals surface area contributed by atoms with Crippen LogP contribution < -0.4 is 5.32 Å². The molecule has 0 amide bonds. The Kier molecular flexibility index (Phi) is 12.2. The fourth-order valence-electron chi connectivity index (χ4n) is 5.05. The number of nitrogens with one attached hydrogen (secondary N) is 1. The second kappa shape index (κ2) is 15.3. The number of hydrogen-bond donors (Lipinski definition) is 1. The summed E-state index contributed by atoms with van der Waals surface area (Å²) in [5.41, 5.74) is 3.54. The molecule has 1 aliphatic rings. The molecule has 1 aliphatic heterocycles. The number of likely N-dealkylation sites (tertiary alicyclic amines) is 1. The average molecular weight is 514 g/mol. The predicted molar refractivity (Wildman–Crippen MR) is 154 cm³/mol. The number of piperidine rings is 1. The number of ether oxygens (including phenoxy) is 1. The molecule has 7 heteroatoms. The summed E-state index contributed by atoms with van der Waals surface area (Å²) in [6.45, 7) is 17.5. The normalized spacial score (nSPS) is 14.8. The maximum atomic E-state index is 11.6. The molecule has 1 aromatic carbocycles. The van der Waals surface area contributed by atoms with Crippen LogP contribution in [0.25, 0.3) is 11.0 Å². The third-order valence-electron chi connectivity index (χ3n) is 7.41. The van der Waals surface area contributed by atoms with E-state index in [2.05, 4.69) is 65.6 Å². The molecule has 0 unspecified atom stereocenters. The van der Waals surface area contributed by atoms with Gasteiger partial charge >= 0.3 is 5.97 Å². The number of carbonyl (C=O) groups excluding carboxylic acids is 1. The van der Waals surface area contributed by atoms with E-state index in [9.17, 15) is 4.79 Å². The van der Waals surface area contributed by atoms with E-state index < -0.39 is 0 Å². The quantitative estimate of drug-likeness (QED) is 0.287. The third kappa shape index (κ3) is 9.93. The van der Waals surface area contributed by atoms with Gasteiger partial charge in [0.15, 0.2) is 0 Å². The standard InChI is InChI=1S/C30H51N5O2/c1-24(2)13-20-34(21-14-25(3)4)23-26-10-11-27-28(22-26)35(19-9-18-33-16-7-6-8-17-33)30(32-27)31-15-12-29(36)37-5/h10-11,22,24-25H,6-9,12-21,23H2,1-5H3,(H,31,32). The lowest BCUT2D eigenvalue weighted by molar-refractivity contribution is -0.140. The van der Waals surface area contributed by atoms with Crippen LogP contribution in [0.1, 0.15) is 78.2 Å². The van der Waals surface area contributed by atoms with Gasteiger partial charge in [-0.2, -0.15) is 0 Å². The van der Waals surface area contributed by atoms with Crippen molar-refractivity contribution >= 4 is 23.0 Å². The van der Waals surface area contributed by atoms with Gasteiger partial charge in [-0.15, -0.1) is 0 Å². The number of nitrogens with zero attached hydrogens (tertiary/aromatic N) is 4. The van der Waals surface area contributed by atoms with Gasteiger partial charge in [-0.3, -0.25) is 9.69 Å². The van der Waals surface area contributed by atoms with Crippen molar-refractivity contribution in [2.45, 2.75) is 85.7 Å². The van der Waals surface area contributed by atoms with Crippen molar-refractivity contribution in [2.24, 2.45) is 11.8 Å². The van der Waals surface area contributed by atoms with E-state index >= 15 is 0 Å². The first-order chi connectivity index (χ1) is 17.9. The van der Waals surface area contributed by atoms with Crippen LogP contribution in [0.3, 0.4) is 0 Å². The van der Waals surface area contributed by atoms with Gasteiger partial charge in [0.2, 0.25) is 5.95 Å². The molecule has 0 atom stereocenters. The zero-order valence-electron chi connectivity index (χ0n) is 24.1. The number of esters is 1. The summed E-state index contributed by atoms with van der Waals surface area (Å²) < 4.78 is 7.14. The highest BCUT2D eigenvalue weighted by Gasteiger charge is 2.15. The maximum Gasteiger partial charge on any atom is 0.307 e. The molecule has 0 bridgehead atoms. The van der Waals surface area contributed by atoms with Gasteiger partial charge in [0.05, 0.1) is 24.6 Å². The van der Waals surface area contributed by atoms with Crippen molar-refractivity contribution in [3.63, 3.8) is 0 Å². The average Bonchev–Trinajstić information content (AvgIpc) is 3.22. The Morgan fingerprint density at radius 2 is 1.76 bits per heavy atom. The molecule has 0 aliphatic carbocycles. The number of methoxy groups -OCH3 is 1. The van der Waals surface area contributed by atoms with E-state index in [1.807, 2.05) is 0 Å². The summed E-state index contributed by atoms with van der Waals surface area (Å²) in [4.78, 5) is 21.8. The van der Waals surface area contributed by atoms with E-state index in [1.165, 1.54) is 63.4 Å². The molecule has 1 saturated heterocycles. The van der Waals surface area contributed by atoms with Crippen molar-refractivity contribution < 1.29 is 9.53 Å². The molecule has 3 rings (SSSR count). The molecular weight excluding hydrogens is 462 g/mol. The van der Waals surface area contributed by atoms with Crippen LogP contribution in [0.5, 0.6) is 0 Å². The van der Waals surface area contributed by atoms with Crippen molar-refractivity contribution in [3.05, 3.63) is 23.8 Å². The summed E-state index contributed by atoms with van der Waals surface area (Å²) >= 11 is 0. The van der Waals surface area contributed by atoms with Crippen LogP contribution in [-0.4, -0.2) is 71.7 Å². The minimum Gasteiger partial charge on any atom is -0.469 e. The van der Waals surface area contributed by atoms with Crippen molar-refractivity contribution in [3.8, 4) is 0 Å². The Hall–Kier alpha value is -2.12. The van der Waals surface area contributed by atoms with Crippen LogP contribution in [0.4, 0.5) is 5.95 Å². The van der Waals surface area contributed by atoms with Crippen LogP contribution in [0.2, 0.25) is 0 Å². The molecule has 7 nitrogen and oxygen atoms in total. The van der Waals surface area contributed by atoms with E-state index in [-0.39, 0.29) is 5.97 Å². The predicted octanol–water partition coefficient (Wildman–Crippen LogP) is 5.78. The second-order valence-electron chi connectivity index (χ2n) is 11.6. The lowest BCUT2D eigenvalue weighted by Gasteiger charge is -2.26. The largest absolute Gasteiger partial charge is 0.469 e. The number of imidazole rings is 1. The Bertz CT molecular complexity index is 937. The summed E-state index contributed by atoms with van der Waals surface area (Å²) in [6.07, 6.45) is 7.89. The summed E-state index contributed by atoms with van der Waals surface area (Å²) in [6, 6.07) is 6.75. The first-order valence-electron chi connectivity index (χ1n) is 14.6. The van der Waals surface area contributed by atoms with Crippen LogP contribution in [-0.2, 0) is 22.6 Å². The number of aromatic nitrogens is 2. The van der Waals surface area contributed by atoms with Gasteiger partial charge in [-0.25, -0.2) is 4.98 Å². The highest BCUT2D eigenvalue weighted by molar-refractivity contribution is 5.79. The van der Waals surface area contributed by atoms with Gasteiger partial charge in [-0.1, -0.05) is 40.2 Å². The van der Waals surface area contributed by atoms with Crippen LogP contribution in [0, 0.1) is 11.8 Å². The third-order valence-corrected chi connectivity index (χ3v) is 7.41. The lowest BCUT2D eigenvalue weighted by Crippen LogP contribution is -2.31. The smallest absolute Gasteiger partial charge is 0.307 e. The van der Waals surface area contributed by atoms with E-state index in [0.29, 0.717) is 24.8 Å². The molecule has 37 heavy (non-hydrogen) atoms. The number of benzene rings is 1. The van der Waals surface area contributed by atoms with Gasteiger partial charge in [0.25, 0.3) is 0 Å². The SMILES string of the molecule is COC(=O)CCNc1nc2ccc(CN(CCC(C)C)CCC(C)C)cc2n1CCCN1CCCCC1. The molecule has 1 aromatic heterocycles. The van der Waals surface area contributed by atoms with Crippen LogP contribution in [0.15, 0.2) is 18.2 Å². The van der Waals surface area contributed by atoms with E-state index in [4.69, 9.17) is 9.72 Å². The van der Waals surface area contributed by atoms with Gasteiger partial charge in [0.1, 0.15) is 0 Å². The Morgan fingerprint density at radius 3 is 2.41 bits per heavy atom. The molecule has 1 fully saturated rings. The molecule has 2 heterocycles. The van der Waals surface area contributed by atoms with Gasteiger partial charge in [0, 0.05) is 19.6 Å². The molecule has 0 spiro atoms. The zero-order valence-corrected chi connectivity index (χ0v) is 24.1. The highest BCUT2D eigenvalue weighted by Crippen LogP contribution is 2.23. The summed E-state index contributed by atoms with van der Waals surface area (Å²) in [5, 5.41) is 3.41. The van der Waals surface area contributed by atoms with E-state index in [0.717, 1.165) is 50.6 Å². The highest BCUT2D eigenvalue weighted by atomic mass is 16.5. The monoisotopic (exact) mass is 513 g/mol. The maximum absolute atomic E-state index is 11.6. The number of fused-ring (bicyclic) bond motifs is 1. The first kappa shape index (κ1) is 29.4. The van der Waals surface area contributed by atoms with Crippen LogP contribution >= 0.6 is 0 Å². The Balaban J connectivity index is 1.76. The number of hydrogen-bond acceptors (Lipinski definition) is 6. The number of aryl methyl sites for hydroxylation is 1. The van der Waals surface area contributed by atoms with E-state index in [1.54, 1.807) is 0 Å². The first-order valence-corrected chi connectivity index (χ1v) is 14.6. The molecular formula is C30H51N5O2. The Morgan fingerprint density at radius 1 is 1.05 bits per heavy atom. The molecule has 1 N–H and O–H groups in total. The number of carbonyl (C=O) groups is 1.